The fraction of sp³-hybridized carbons (Fsp3) is 0.714. The summed E-state index contributed by atoms with van der Waals surface area (Å²) in [5.41, 5.74) is 0. The average molecular weight is 293 g/mol. The number of likely N-dealkylation sites (tertiary alicyclic amines) is 1. The van der Waals surface area contributed by atoms with Gasteiger partial charge >= 0.3 is 0 Å². The first-order chi connectivity index (χ1) is 10.3. The van der Waals surface area contributed by atoms with E-state index in [2.05, 4.69) is 15.6 Å². The SMILES string of the molecule is O=C(CCN1CCCCCC1=O)NCCCn1ccnn1. The van der Waals surface area contributed by atoms with E-state index in [0.717, 1.165) is 38.8 Å². The Morgan fingerprint density at radius 1 is 1.29 bits per heavy atom. The molecule has 0 spiro atoms. The number of hydrogen-bond acceptors (Lipinski definition) is 4. The summed E-state index contributed by atoms with van der Waals surface area (Å²) in [6.45, 7) is 2.68. The summed E-state index contributed by atoms with van der Waals surface area (Å²) < 4.78 is 1.74. The fourth-order valence-corrected chi connectivity index (χ4v) is 2.42. The van der Waals surface area contributed by atoms with Crippen molar-refractivity contribution >= 4 is 11.8 Å². The highest BCUT2D eigenvalue weighted by Crippen LogP contribution is 2.11. The Morgan fingerprint density at radius 2 is 2.19 bits per heavy atom. The maximum absolute atomic E-state index is 11.8. The molecule has 1 fully saturated rings. The predicted octanol–water partition coefficient (Wildman–Crippen LogP) is 0.577. The molecule has 1 aromatic rings. The zero-order valence-electron chi connectivity index (χ0n) is 12.3. The molecule has 0 atom stereocenters. The molecule has 1 saturated heterocycles. The third kappa shape index (κ3) is 5.53. The number of aryl methyl sites for hydroxylation is 1. The lowest BCUT2D eigenvalue weighted by Gasteiger charge is -2.20. The Labute approximate surface area is 124 Å². The Balaban J connectivity index is 1.57. The van der Waals surface area contributed by atoms with Gasteiger partial charge in [-0.25, -0.2) is 0 Å². The second-order valence-electron chi connectivity index (χ2n) is 5.31. The first kappa shape index (κ1) is 15.5. The summed E-state index contributed by atoms with van der Waals surface area (Å²) in [5.74, 6) is 0.192. The summed E-state index contributed by atoms with van der Waals surface area (Å²) in [6.07, 6.45) is 8.39. The molecule has 2 heterocycles. The maximum Gasteiger partial charge on any atom is 0.222 e. The van der Waals surface area contributed by atoms with Gasteiger partial charge in [0.15, 0.2) is 0 Å². The van der Waals surface area contributed by atoms with Crippen LogP contribution in [0, 0.1) is 0 Å². The van der Waals surface area contributed by atoms with Crippen molar-refractivity contribution in [3.8, 4) is 0 Å². The van der Waals surface area contributed by atoms with Gasteiger partial charge in [0.25, 0.3) is 0 Å². The van der Waals surface area contributed by atoms with Gasteiger partial charge in [-0.15, -0.1) is 5.10 Å². The van der Waals surface area contributed by atoms with Crippen LogP contribution in [-0.2, 0) is 16.1 Å². The lowest BCUT2D eigenvalue weighted by molar-refractivity contribution is -0.131. The van der Waals surface area contributed by atoms with E-state index in [9.17, 15) is 9.59 Å². The molecule has 7 nitrogen and oxygen atoms in total. The first-order valence-electron chi connectivity index (χ1n) is 7.64. The highest BCUT2D eigenvalue weighted by Gasteiger charge is 2.16. The number of amides is 2. The van der Waals surface area contributed by atoms with Crippen molar-refractivity contribution in [2.75, 3.05) is 19.6 Å². The number of rotatable bonds is 7. The van der Waals surface area contributed by atoms with Crippen LogP contribution in [0.25, 0.3) is 0 Å². The van der Waals surface area contributed by atoms with Gasteiger partial charge in [0, 0.05) is 45.2 Å². The summed E-state index contributed by atoms with van der Waals surface area (Å²) in [7, 11) is 0. The molecule has 1 aliphatic heterocycles. The van der Waals surface area contributed by atoms with Gasteiger partial charge in [0.05, 0.1) is 6.20 Å². The van der Waals surface area contributed by atoms with E-state index in [4.69, 9.17) is 0 Å². The van der Waals surface area contributed by atoms with Crippen LogP contribution in [0.3, 0.4) is 0 Å². The number of nitrogens with zero attached hydrogens (tertiary/aromatic N) is 4. The number of carbonyl (C=O) groups is 2. The van der Waals surface area contributed by atoms with Crippen molar-refractivity contribution in [3.63, 3.8) is 0 Å². The van der Waals surface area contributed by atoms with Crippen LogP contribution >= 0.6 is 0 Å². The molecule has 0 aliphatic carbocycles. The lowest BCUT2D eigenvalue weighted by Crippen LogP contribution is -2.35. The van der Waals surface area contributed by atoms with E-state index in [1.807, 2.05) is 4.90 Å². The van der Waals surface area contributed by atoms with Crippen LogP contribution in [0.2, 0.25) is 0 Å². The molecule has 116 valence electrons. The molecule has 7 heteroatoms. The zero-order valence-corrected chi connectivity index (χ0v) is 12.3. The van der Waals surface area contributed by atoms with Gasteiger partial charge < -0.3 is 10.2 Å². The van der Waals surface area contributed by atoms with Crippen molar-refractivity contribution in [2.45, 2.75) is 45.1 Å². The van der Waals surface area contributed by atoms with Gasteiger partial charge in [-0.2, -0.15) is 0 Å². The number of nitrogens with one attached hydrogen (secondary N) is 1. The minimum absolute atomic E-state index is 0.00522. The third-order valence-corrected chi connectivity index (χ3v) is 3.64. The normalized spacial score (nSPS) is 15.8. The van der Waals surface area contributed by atoms with E-state index in [0.29, 0.717) is 25.9 Å². The monoisotopic (exact) mass is 293 g/mol. The predicted molar refractivity (Wildman–Crippen MR) is 77.3 cm³/mol. The number of hydrogen-bond donors (Lipinski definition) is 1. The lowest BCUT2D eigenvalue weighted by atomic mass is 10.2. The first-order valence-corrected chi connectivity index (χ1v) is 7.64. The Bertz CT molecular complexity index is 446. The molecule has 1 aliphatic rings. The van der Waals surface area contributed by atoms with Crippen LogP contribution in [0.4, 0.5) is 0 Å². The molecule has 2 amide bonds. The molecule has 0 saturated carbocycles. The van der Waals surface area contributed by atoms with Gasteiger partial charge in [0.2, 0.25) is 11.8 Å². The van der Waals surface area contributed by atoms with Gasteiger partial charge in [0.1, 0.15) is 0 Å². The van der Waals surface area contributed by atoms with Crippen molar-refractivity contribution in [2.24, 2.45) is 0 Å². The van der Waals surface area contributed by atoms with Gasteiger partial charge in [-0.3, -0.25) is 14.3 Å². The standard InChI is InChI=1S/C14H23N5O2/c20-13(15-7-4-10-19-12-8-16-17-19)6-11-18-9-3-1-2-5-14(18)21/h8,12H,1-7,9-11H2,(H,15,20). The molecule has 1 N–H and O–H groups in total. The quantitative estimate of drug-likeness (QED) is 0.746. The minimum Gasteiger partial charge on any atom is -0.356 e. The molecular formula is C14H23N5O2. The Kier molecular flexibility index (Phi) is 6.18. The Morgan fingerprint density at radius 3 is 3.00 bits per heavy atom. The van der Waals surface area contributed by atoms with E-state index < -0.39 is 0 Å². The zero-order chi connectivity index (χ0) is 14.9. The number of aromatic nitrogens is 3. The van der Waals surface area contributed by atoms with Crippen LogP contribution in [0.5, 0.6) is 0 Å². The van der Waals surface area contributed by atoms with E-state index >= 15 is 0 Å². The molecule has 0 aromatic carbocycles. The highest BCUT2D eigenvalue weighted by molar-refractivity contribution is 5.79. The van der Waals surface area contributed by atoms with Crippen molar-refractivity contribution in [1.82, 2.24) is 25.2 Å². The van der Waals surface area contributed by atoms with Crippen molar-refractivity contribution < 1.29 is 9.59 Å². The molecule has 0 unspecified atom stereocenters. The van der Waals surface area contributed by atoms with Crippen LogP contribution < -0.4 is 5.32 Å². The highest BCUT2D eigenvalue weighted by atomic mass is 16.2. The molecule has 0 radical (unpaired) electrons. The maximum atomic E-state index is 11.8. The van der Waals surface area contributed by atoms with E-state index in [1.54, 1.807) is 17.1 Å². The van der Waals surface area contributed by atoms with Crippen molar-refractivity contribution in [3.05, 3.63) is 12.4 Å². The molecule has 1 aromatic heterocycles. The second kappa shape index (κ2) is 8.39. The van der Waals surface area contributed by atoms with Crippen LogP contribution in [0.15, 0.2) is 12.4 Å². The summed E-state index contributed by atoms with van der Waals surface area (Å²) in [4.78, 5) is 25.4. The van der Waals surface area contributed by atoms with Crippen LogP contribution in [-0.4, -0.2) is 51.3 Å². The smallest absolute Gasteiger partial charge is 0.222 e. The average Bonchev–Trinajstić information content (AvgIpc) is 2.91. The summed E-state index contributed by atoms with van der Waals surface area (Å²) in [5, 5.41) is 10.5. The third-order valence-electron chi connectivity index (χ3n) is 3.64. The largest absolute Gasteiger partial charge is 0.356 e. The summed E-state index contributed by atoms with van der Waals surface area (Å²) in [6, 6.07) is 0. The van der Waals surface area contributed by atoms with Gasteiger partial charge in [-0.1, -0.05) is 11.6 Å². The molecule has 21 heavy (non-hydrogen) atoms. The Hall–Kier alpha value is -1.92. The van der Waals surface area contributed by atoms with Gasteiger partial charge in [-0.05, 0) is 19.3 Å². The molecular weight excluding hydrogens is 270 g/mol. The van der Waals surface area contributed by atoms with E-state index in [1.165, 1.54) is 0 Å². The fourth-order valence-electron chi connectivity index (χ4n) is 2.42. The number of carbonyl (C=O) groups excluding carboxylic acids is 2. The van der Waals surface area contributed by atoms with Crippen LogP contribution in [0.1, 0.15) is 38.5 Å². The minimum atomic E-state index is 0.00522. The second-order valence-corrected chi connectivity index (χ2v) is 5.31. The molecule has 0 bridgehead atoms. The summed E-state index contributed by atoms with van der Waals surface area (Å²) >= 11 is 0. The molecule has 2 rings (SSSR count). The topological polar surface area (TPSA) is 80.1 Å². The van der Waals surface area contributed by atoms with E-state index in [-0.39, 0.29) is 11.8 Å². The van der Waals surface area contributed by atoms with Crippen molar-refractivity contribution in [1.29, 1.82) is 0 Å².